The number of fused-ring (bicyclic) bond motifs is 1. The molecular weight excluding hydrogens is 272 g/mol. The van der Waals surface area contributed by atoms with Crippen LogP contribution < -0.4 is 9.47 Å². The van der Waals surface area contributed by atoms with E-state index in [0.717, 1.165) is 37.6 Å². The Morgan fingerprint density at radius 3 is 2.52 bits per heavy atom. The van der Waals surface area contributed by atoms with Crippen molar-refractivity contribution >= 4 is 6.09 Å². The molecular formula is C15H20N2O4. The number of carboxylic acid groups (broad SMARTS) is 1. The number of hydrogen-bond donors (Lipinski definition) is 1. The first kappa shape index (κ1) is 14.0. The highest BCUT2D eigenvalue weighted by molar-refractivity contribution is 5.65. The van der Waals surface area contributed by atoms with Gasteiger partial charge in [0.15, 0.2) is 11.5 Å². The Balaban J connectivity index is 1.50. The second-order valence-corrected chi connectivity index (χ2v) is 5.34. The fourth-order valence-electron chi connectivity index (χ4n) is 2.69. The summed E-state index contributed by atoms with van der Waals surface area (Å²) < 4.78 is 11.1. The third kappa shape index (κ3) is 3.39. The first-order valence-electron chi connectivity index (χ1n) is 7.31. The van der Waals surface area contributed by atoms with Gasteiger partial charge in [-0.25, -0.2) is 4.79 Å². The molecule has 0 saturated carbocycles. The van der Waals surface area contributed by atoms with E-state index >= 15 is 0 Å². The molecule has 0 bridgehead atoms. The van der Waals surface area contributed by atoms with E-state index in [-0.39, 0.29) is 0 Å². The molecule has 2 aliphatic heterocycles. The van der Waals surface area contributed by atoms with Crippen molar-refractivity contribution in [2.75, 3.05) is 45.9 Å². The number of hydrogen-bond acceptors (Lipinski definition) is 4. The second-order valence-electron chi connectivity index (χ2n) is 5.34. The van der Waals surface area contributed by atoms with Gasteiger partial charge in [0.25, 0.3) is 0 Å². The Kier molecular flexibility index (Phi) is 4.15. The molecule has 0 spiro atoms. The highest BCUT2D eigenvalue weighted by atomic mass is 16.6. The highest BCUT2D eigenvalue weighted by Crippen LogP contribution is 2.30. The van der Waals surface area contributed by atoms with Crippen molar-refractivity contribution < 1.29 is 19.4 Å². The smallest absolute Gasteiger partial charge is 0.407 e. The van der Waals surface area contributed by atoms with Gasteiger partial charge in [0.2, 0.25) is 0 Å². The van der Waals surface area contributed by atoms with Gasteiger partial charge < -0.3 is 19.5 Å². The van der Waals surface area contributed by atoms with Gasteiger partial charge in [-0.2, -0.15) is 0 Å². The average molecular weight is 292 g/mol. The lowest BCUT2D eigenvalue weighted by Gasteiger charge is -2.33. The molecule has 1 amide bonds. The van der Waals surface area contributed by atoms with Gasteiger partial charge in [-0.1, -0.05) is 6.07 Å². The molecule has 21 heavy (non-hydrogen) atoms. The summed E-state index contributed by atoms with van der Waals surface area (Å²) in [7, 11) is 0. The standard InChI is InChI=1S/C15H20N2O4/c18-15(19)17-7-5-16(6-8-17)4-3-12-1-2-13-14(11-12)21-10-9-20-13/h1-2,11H,3-10H2,(H,18,19). The lowest BCUT2D eigenvalue weighted by molar-refractivity contribution is 0.106. The molecule has 0 atom stereocenters. The van der Waals surface area contributed by atoms with Gasteiger partial charge in [0.05, 0.1) is 0 Å². The van der Waals surface area contributed by atoms with Gasteiger partial charge in [-0.15, -0.1) is 0 Å². The van der Waals surface area contributed by atoms with Crippen LogP contribution in [0, 0.1) is 0 Å². The molecule has 114 valence electrons. The van der Waals surface area contributed by atoms with Crippen LogP contribution >= 0.6 is 0 Å². The second kappa shape index (κ2) is 6.22. The first-order chi connectivity index (χ1) is 10.2. The predicted octanol–water partition coefficient (Wildman–Crippen LogP) is 1.30. The molecule has 0 aliphatic carbocycles. The fraction of sp³-hybridized carbons (Fsp3) is 0.533. The Morgan fingerprint density at radius 2 is 1.81 bits per heavy atom. The summed E-state index contributed by atoms with van der Waals surface area (Å²) >= 11 is 0. The largest absolute Gasteiger partial charge is 0.486 e. The number of nitrogens with zero attached hydrogens (tertiary/aromatic N) is 2. The van der Waals surface area contributed by atoms with E-state index in [4.69, 9.17) is 14.6 Å². The zero-order valence-electron chi connectivity index (χ0n) is 12.0. The van der Waals surface area contributed by atoms with Gasteiger partial charge in [-0.3, -0.25) is 4.90 Å². The molecule has 0 aromatic heterocycles. The topological polar surface area (TPSA) is 62.2 Å². The summed E-state index contributed by atoms with van der Waals surface area (Å²) in [6, 6.07) is 6.08. The summed E-state index contributed by atoms with van der Waals surface area (Å²) in [5.41, 5.74) is 1.22. The molecule has 0 unspecified atom stereocenters. The van der Waals surface area contributed by atoms with Crippen LogP contribution in [0.15, 0.2) is 18.2 Å². The SMILES string of the molecule is O=C(O)N1CCN(CCc2ccc3c(c2)OCCO3)CC1. The maximum atomic E-state index is 10.9. The zero-order chi connectivity index (χ0) is 14.7. The summed E-state index contributed by atoms with van der Waals surface area (Å²) in [5, 5.41) is 8.93. The van der Waals surface area contributed by atoms with Crippen LogP contribution in [0.5, 0.6) is 11.5 Å². The maximum Gasteiger partial charge on any atom is 0.407 e. The van der Waals surface area contributed by atoms with Gasteiger partial charge in [0.1, 0.15) is 13.2 Å². The van der Waals surface area contributed by atoms with E-state index in [9.17, 15) is 4.79 Å². The van der Waals surface area contributed by atoms with Crippen molar-refractivity contribution in [1.29, 1.82) is 0 Å². The minimum atomic E-state index is -0.818. The van der Waals surface area contributed by atoms with Gasteiger partial charge in [0, 0.05) is 32.7 Å². The van der Waals surface area contributed by atoms with Crippen LogP contribution in [-0.4, -0.2) is 66.9 Å². The number of ether oxygens (including phenoxy) is 2. The average Bonchev–Trinajstić information content (AvgIpc) is 2.53. The van der Waals surface area contributed by atoms with Crippen molar-refractivity contribution in [3.63, 3.8) is 0 Å². The van der Waals surface area contributed by atoms with Crippen molar-refractivity contribution in [1.82, 2.24) is 9.80 Å². The summed E-state index contributed by atoms with van der Waals surface area (Å²) in [4.78, 5) is 14.6. The lowest BCUT2D eigenvalue weighted by Crippen LogP contribution is -2.48. The van der Waals surface area contributed by atoms with Crippen LogP contribution in [0.3, 0.4) is 0 Å². The lowest BCUT2D eigenvalue weighted by atomic mass is 10.1. The summed E-state index contributed by atoms with van der Waals surface area (Å²) in [6.45, 7) is 4.95. The van der Waals surface area contributed by atoms with E-state index in [1.165, 1.54) is 10.5 Å². The summed E-state index contributed by atoms with van der Waals surface area (Å²) in [6.07, 6.45) is 0.116. The third-order valence-electron chi connectivity index (χ3n) is 3.97. The fourth-order valence-corrected chi connectivity index (χ4v) is 2.69. The Morgan fingerprint density at radius 1 is 1.10 bits per heavy atom. The number of rotatable bonds is 3. The Labute approximate surface area is 123 Å². The highest BCUT2D eigenvalue weighted by Gasteiger charge is 2.20. The molecule has 1 N–H and O–H groups in total. The van der Waals surface area contributed by atoms with E-state index in [1.807, 2.05) is 12.1 Å². The zero-order valence-corrected chi connectivity index (χ0v) is 12.0. The first-order valence-corrected chi connectivity index (χ1v) is 7.31. The van der Waals surface area contributed by atoms with Crippen molar-refractivity contribution in [3.8, 4) is 11.5 Å². The normalized spacial score (nSPS) is 18.6. The van der Waals surface area contributed by atoms with Crippen LogP contribution in [0.2, 0.25) is 0 Å². The Bertz CT molecular complexity index is 512. The van der Waals surface area contributed by atoms with Crippen molar-refractivity contribution in [2.45, 2.75) is 6.42 Å². The molecule has 1 fully saturated rings. The molecule has 6 heteroatoms. The van der Waals surface area contributed by atoms with Crippen LogP contribution in [-0.2, 0) is 6.42 Å². The summed E-state index contributed by atoms with van der Waals surface area (Å²) in [5.74, 6) is 1.65. The molecule has 1 aromatic carbocycles. The molecule has 1 aromatic rings. The molecule has 3 rings (SSSR count). The van der Waals surface area contributed by atoms with E-state index in [0.29, 0.717) is 26.3 Å². The van der Waals surface area contributed by atoms with E-state index in [2.05, 4.69) is 11.0 Å². The quantitative estimate of drug-likeness (QED) is 0.909. The van der Waals surface area contributed by atoms with Crippen LogP contribution in [0.1, 0.15) is 5.56 Å². The Hall–Kier alpha value is -1.95. The molecule has 1 saturated heterocycles. The van der Waals surface area contributed by atoms with Gasteiger partial charge >= 0.3 is 6.09 Å². The maximum absolute atomic E-state index is 10.9. The number of benzene rings is 1. The monoisotopic (exact) mass is 292 g/mol. The minimum Gasteiger partial charge on any atom is -0.486 e. The predicted molar refractivity (Wildman–Crippen MR) is 77.2 cm³/mol. The third-order valence-corrected chi connectivity index (χ3v) is 3.97. The van der Waals surface area contributed by atoms with E-state index < -0.39 is 6.09 Å². The molecule has 2 aliphatic rings. The van der Waals surface area contributed by atoms with Crippen molar-refractivity contribution in [2.24, 2.45) is 0 Å². The molecule has 0 radical (unpaired) electrons. The number of amides is 1. The minimum absolute atomic E-state index is 0.594. The van der Waals surface area contributed by atoms with Gasteiger partial charge in [-0.05, 0) is 24.1 Å². The molecule has 6 nitrogen and oxygen atoms in total. The van der Waals surface area contributed by atoms with Crippen molar-refractivity contribution in [3.05, 3.63) is 23.8 Å². The number of carbonyl (C=O) groups is 1. The van der Waals surface area contributed by atoms with E-state index in [1.54, 1.807) is 0 Å². The van der Waals surface area contributed by atoms with Crippen LogP contribution in [0.4, 0.5) is 4.79 Å². The molecule has 2 heterocycles. The number of piperazine rings is 1. The van der Waals surface area contributed by atoms with Crippen LogP contribution in [0.25, 0.3) is 0 Å².